The predicted molar refractivity (Wildman–Crippen MR) is 48.3 cm³/mol. The van der Waals surface area contributed by atoms with Crippen molar-refractivity contribution in [2.24, 2.45) is 0 Å². The molecule has 1 aromatic heterocycles. The number of hydrogen-bond donors (Lipinski definition) is 1. The van der Waals surface area contributed by atoms with Crippen LogP contribution < -0.4 is 4.74 Å². The van der Waals surface area contributed by atoms with Gasteiger partial charge in [-0.1, -0.05) is 0 Å². The molecule has 0 aliphatic carbocycles. The maximum absolute atomic E-state index is 12.5. The first-order valence-electron chi connectivity index (χ1n) is 4.12. The van der Waals surface area contributed by atoms with Crippen molar-refractivity contribution < 1.29 is 23.5 Å². The molecule has 1 heterocycles. The Morgan fingerprint density at radius 2 is 2.31 bits per heavy atom. The minimum Gasteiger partial charge on any atom is -0.494 e. The lowest BCUT2D eigenvalue weighted by molar-refractivity contribution is -0.386. The van der Waals surface area contributed by atoms with E-state index in [9.17, 15) is 18.9 Å². The van der Waals surface area contributed by atoms with Crippen molar-refractivity contribution in [1.29, 1.82) is 0 Å². The fourth-order valence-corrected chi connectivity index (χ4v) is 1.23. The van der Waals surface area contributed by atoms with E-state index in [1.807, 2.05) is 0 Å². The molecule has 0 unspecified atom stereocenters. The second-order valence-electron chi connectivity index (χ2n) is 2.76. The van der Waals surface area contributed by atoms with Crippen molar-refractivity contribution in [1.82, 2.24) is 4.98 Å². The van der Waals surface area contributed by atoms with Gasteiger partial charge in [0.25, 0.3) is 12.1 Å². The maximum Gasteiger partial charge on any atom is 0.296 e. The average molecular weight is 234 g/mol. The lowest BCUT2D eigenvalue weighted by Crippen LogP contribution is -2.05. The highest BCUT2D eigenvalue weighted by Gasteiger charge is 2.26. The summed E-state index contributed by atoms with van der Waals surface area (Å²) in [6, 6.07) is 0. The molecule has 0 atom stereocenters. The zero-order valence-corrected chi connectivity index (χ0v) is 8.18. The van der Waals surface area contributed by atoms with E-state index in [4.69, 9.17) is 5.11 Å². The molecular formula is C8H8F2N2O4. The number of pyridine rings is 1. The first kappa shape index (κ1) is 12.2. The quantitative estimate of drug-likeness (QED) is 0.629. The van der Waals surface area contributed by atoms with Crippen LogP contribution >= 0.6 is 0 Å². The van der Waals surface area contributed by atoms with E-state index in [0.29, 0.717) is 6.20 Å². The number of halogens is 2. The summed E-state index contributed by atoms with van der Waals surface area (Å²) in [5.74, 6) is -0.452. The van der Waals surface area contributed by atoms with Gasteiger partial charge >= 0.3 is 0 Å². The fraction of sp³-hybridized carbons (Fsp3) is 0.375. The molecular weight excluding hydrogens is 226 g/mol. The van der Waals surface area contributed by atoms with Crippen molar-refractivity contribution in [3.8, 4) is 5.75 Å². The van der Waals surface area contributed by atoms with E-state index in [2.05, 4.69) is 9.72 Å². The van der Waals surface area contributed by atoms with Gasteiger partial charge < -0.3 is 9.84 Å². The molecule has 0 spiro atoms. The van der Waals surface area contributed by atoms with Crippen LogP contribution in [0, 0.1) is 10.1 Å². The number of hydrogen-bond acceptors (Lipinski definition) is 5. The third-order valence-electron chi connectivity index (χ3n) is 1.91. The number of nitrogens with zero attached hydrogens (tertiary/aromatic N) is 2. The van der Waals surface area contributed by atoms with Gasteiger partial charge in [-0.2, -0.15) is 0 Å². The molecule has 0 amide bonds. The van der Waals surface area contributed by atoms with Gasteiger partial charge in [0.05, 0.1) is 18.6 Å². The van der Waals surface area contributed by atoms with Gasteiger partial charge in [-0.05, 0) is 0 Å². The van der Waals surface area contributed by atoms with Crippen LogP contribution in [0.25, 0.3) is 0 Å². The Morgan fingerprint density at radius 1 is 1.69 bits per heavy atom. The molecule has 0 aliphatic rings. The minimum atomic E-state index is -2.93. The Bertz CT molecular complexity index is 411. The van der Waals surface area contributed by atoms with Crippen LogP contribution in [0.3, 0.4) is 0 Å². The van der Waals surface area contributed by atoms with E-state index in [-0.39, 0.29) is 5.56 Å². The van der Waals surface area contributed by atoms with E-state index in [0.717, 1.165) is 7.11 Å². The van der Waals surface area contributed by atoms with Gasteiger partial charge in [-0.15, -0.1) is 0 Å². The molecule has 0 aromatic carbocycles. The van der Waals surface area contributed by atoms with Crippen LogP contribution in [-0.2, 0) is 6.61 Å². The summed E-state index contributed by atoms with van der Waals surface area (Å²) in [5, 5.41) is 19.5. The Hall–Kier alpha value is -1.83. The summed E-state index contributed by atoms with van der Waals surface area (Å²) < 4.78 is 29.6. The predicted octanol–water partition coefficient (Wildman–Crippen LogP) is 1.43. The lowest BCUT2D eigenvalue weighted by atomic mass is 10.1. The molecule has 0 fully saturated rings. The largest absolute Gasteiger partial charge is 0.494 e. The minimum absolute atomic E-state index is 0.308. The zero-order chi connectivity index (χ0) is 12.3. The molecule has 0 radical (unpaired) electrons. The highest BCUT2D eigenvalue weighted by Crippen LogP contribution is 2.35. The number of ether oxygens (including phenoxy) is 1. The van der Waals surface area contributed by atoms with Crippen molar-refractivity contribution in [2.45, 2.75) is 13.0 Å². The smallest absolute Gasteiger partial charge is 0.296 e. The number of nitro groups is 1. The van der Waals surface area contributed by atoms with Gasteiger partial charge in [0.2, 0.25) is 0 Å². The fourth-order valence-electron chi connectivity index (χ4n) is 1.23. The highest BCUT2D eigenvalue weighted by molar-refractivity contribution is 5.50. The standard InChI is InChI=1S/C8H8F2N2O4/c1-16-7-4(3-13)5(12(14)15)2-11-6(7)8(9)10/h2,8,13H,3H2,1H3. The lowest BCUT2D eigenvalue weighted by Gasteiger charge is -2.10. The van der Waals surface area contributed by atoms with E-state index in [1.165, 1.54) is 0 Å². The summed E-state index contributed by atoms with van der Waals surface area (Å²) in [6.45, 7) is -0.776. The second kappa shape index (κ2) is 4.79. The average Bonchev–Trinajstić information content (AvgIpc) is 2.26. The molecule has 16 heavy (non-hydrogen) atoms. The van der Waals surface area contributed by atoms with Crippen molar-refractivity contribution in [2.75, 3.05) is 7.11 Å². The van der Waals surface area contributed by atoms with E-state index < -0.39 is 35.1 Å². The van der Waals surface area contributed by atoms with Gasteiger partial charge in [0.15, 0.2) is 5.75 Å². The molecule has 6 nitrogen and oxygen atoms in total. The van der Waals surface area contributed by atoms with Crippen molar-refractivity contribution in [3.63, 3.8) is 0 Å². The maximum atomic E-state index is 12.5. The summed E-state index contributed by atoms with van der Waals surface area (Å²) >= 11 is 0. The van der Waals surface area contributed by atoms with Crippen LogP contribution in [-0.4, -0.2) is 22.1 Å². The topological polar surface area (TPSA) is 85.5 Å². The summed E-state index contributed by atoms with van der Waals surface area (Å²) in [5.41, 5.74) is -1.58. The number of aromatic nitrogens is 1. The molecule has 0 bridgehead atoms. The molecule has 0 aliphatic heterocycles. The number of alkyl halides is 2. The molecule has 0 saturated carbocycles. The molecule has 88 valence electrons. The summed E-state index contributed by atoms with van der Waals surface area (Å²) in [6.07, 6.45) is -2.25. The Morgan fingerprint density at radius 3 is 2.69 bits per heavy atom. The van der Waals surface area contributed by atoms with Crippen LogP contribution in [0.2, 0.25) is 0 Å². The summed E-state index contributed by atoms with van der Waals surface area (Å²) in [4.78, 5) is 13.0. The Balaban J connectivity index is 3.46. The highest BCUT2D eigenvalue weighted by atomic mass is 19.3. The number of methoxy groups -OCH3 is 1. The molecule has 1 rings (SSSR count). The Kier molecular flexibility index (Phi) is 3.67. The van der Waals surface area contributed by atoms with Crippen LogP contribution in [0.1, 0.15) is 17.7 Å². The third kappa shape index (κ3) is 2.06. The first-order valence-corrected chi connectivity index (χ1v) is 4.12. The van der Waals surface area contributed by atoms with Gasteiger partial charge in [-0.3, -0.25) is 10.1 Å². The van der Waals surface area contributed by atoms with Crippen molar-refractivity contribution >= 4 is 5.69 Å². The number of rotatable bonds is 4. The van der Waals surface area contributed by atoms with Crippen LogP contribution in [0.15, 0.2) is 6.20 Å². The SMILES string of the molecule is COc1c(C(F)F)ncc([N+](=O)[O-])c1CO. The van der Waals surface area contributed by atoms with Crippen molar-refractivity contribution in [3.05, 3.63) is 27.6 Å². The first-order chi connectivity index (χ1) is 7.52. The molecule has 1 aromatic rings. The molecule has 0 saturated heterocycles. The normalized spacial score (nSPS) is 10.6. The molecule has 1 N–H and O–H groups in total. The number of aliphatic hydroxyl groups is 1. The van der Waals surface area contributed by atoms with Gasteiger partial charge in [0.1, 0.15) is 17.5 Å². The number of aliphatic hydroxyl groups excluding tert-OH is 1. The second-order valence-corrected chi connectivity index (χ2v) is 2.76. The summed E-state index contributed by atoms with van der Waals surface area (Å²) in [7, 11) is 1.08. The zero-order valence-electron chi connectivity index (χ0n) is 8.18. The van der Waals surface area contributed by atoms with Crippen LogP contribution in [0.4, 0.5) is 14.5 Å². The van der Waals surface area contributed by atoms with Gasteiger partial charge in [0, 0.05) is 0 Å². The Labute approximate surface area is 88.6 Å². The van der Waals surface area contributed by atoms with Gasteiger partial charge in [-0.25, -0.2) is 13.8 Å². The van der Waals surface area contributed by atoms with E-state index in [1.54, 1.807) is 0 Å². The molecule has 8 heteroatoms. The van der Waals surface area contributed by atoms with Crippen LogP contribution in [0.5, 0.6) is 5.75 Å². The third-order valence-corrected chi connectivity index (χ3v) is 1.91. The monoisotopic (exact) mass is 234 g/mol. The van der Waals surface area contributed by atoms with E-state index >= 15 is 0 Å².